The number of ether oxygens (including phenoxy) is 5. The molecule has 1 saturated heterocycles. The summed E-state index contributed by atoms with van der Waals surface area (Å²) in [6, 6.07) is -1.38. The van der Waals surface area contributed by atoms with Crippen LogP contribution >= 0.6 is 0 Å². The van der Waals surface area contributed by atoms with Gasteiger partial charge in [-0.3, -0.25) is 0 Å². The summed E-state index contributed by atoms with van der Waals surface area (Å²) in [5, 5.41) is 8.04. The standard InChI is InChI=1S/C23H39NO8.C4H8O/c1-11-23(9,10)30-16-12-15(2)29-18(25)17(14-28-13-16)24(19(26)31-21(3,4)5)20(27)32-22(6,7)8;1-4(2)3-5/h11,15-17H,1,12-14H2,2-10H3;5H,1,3H2,2H3/t15?,16?,17-;/m0./s1. The second-order valence-corrected chi connectivity index (χ2v) is 11.5. The van der Waals surface area contributed by atoms with Crippen molar-refractivity contribution < 1.29 is 43.2 Å². The van der Waals surface area contributed by atoms with Gasteiger partial charge in [-0.05, 0) is 69.2 Å². The third-order valence-corrected chi connectivity index (χ3v) is 4.49. The van der Waals surface area contributed by atoms with Crippen molar-refractivity contribution in [1.82, 2.24) is 4.90 Å². The lowest BCUT2D eigenvalue weighted by atomic mass is 10.1. The lowest BCUT2D eigenvalue weighted by molar-refractivity contribution is -0.156. The number of carbonyl (C=O) groups is 3. The molecule has 214 valence electrons. The Morgan fingerprint density at radius 2 is 1.51 bits per heavy atom. The van der Waals surface area contributed by atoms with Crippen molar-refractivity contribution in [3.8, 4) is 0 Å². The van der Waals surface area contributed by atoms with E-state index in [-0.39, 0.29) is 25.9 Å². The number of aliphatic hydroxyl groups is 1. The average Bonchev–Trinajstić information content (AvgIpc) is 2.75. The van der Waals surface area contributed by atoms with Gasteiger partial charge in [0.05, 0.1) is 31.5 Å². The van der Waals surface area contributed by atoms with E-state index in [1.165, 1.54) is 0 Å². The number of hydrogen-bond donors (Lipinski definition) is 1. The van der Waals surface area contributed by atoms with Crippen LogP contribution in [0.2, 0.25) is 0 Å². The van der Waals surface area contributed by atoms with Crippen molar-refractivity contribution in [1.29, 1.82) is 0 Å². The van der Waals surface area contributed by atoms with Gasteiger partial charge in [0.15, 0.2) is 6.04 Å². The predicted octanol–water partition coefficient (Wildman–Crippen LogP) is 4.78. The highest BCUT2D eigenvalue weighted by atomic mass is 16.6. The van der Waals surface area contributed by atoms with E-state index in [4.69, 9.17) is 28.8 Å². The largest absolute Gasteiger partial charge is 0.461 e. The second kappa shape index (κ2) is 14.5. The van der Waals surface area contributed by atoms with E-state index in [9.17, 15) is 14.4 Å². The number of rotatable bonds is 5. The highest BCUT2D eigenvalue weighted by Crippen LogP contribution is 2.22. The van der Waals surface area contributed by atoms with Crippen LogP contribution in [0.5, 0.6) is 0 Å². The zero-order chi connectivity index (χ0) is 29.2. The van der Waals surface area contributed by atoms with E-state index in [1.807, 2.05) is 13.8 Å². The molecular formula is C27H47NO9. The molecule has 1 N–H and O–H groups in total. The van der Waals surface area contributed by atoms with Crippen molar-refractivity contribution >= 4 is 18.2 Å². The molecule has 3 atom stereocenters. The summed E-state index contributed by atoms with van der Waals surface area (Å²) in [5.41, 5.74) is -1.60. The molecule has 0 bridgehead atoms. The normalized spacial score (nSPS) is 21.1. The minimum Gasteiger partial charge on any atom is -0.461 e. The summed E-state index contributed by atoms with van der Waals surface area (Å²) in [4.78, 5) is 39.4. The SMILES string of the molecule is C=C(C)CO.C=CC(C)(C)OC1COC[C@H](N(C(=O)OC(C)(C)C)C(=O)OC(C)(C)C)C(=O)OC(C)C1. The molecule has 1 aliphatic rings. The molecule has 2 amide bonds. The van der Waals surface area contributed by atoms with Crippen LogP contribution in [0.15, 0.2) is 24.8 Å². The third kappa shape index (κ3) is 14.8. The minimum atomic E-state index is -1.38. The molecule has 0 spiro atoms. The van der Waals surface area contributed by atoms with Gasteiger partial charge in [-0.25, -0.2) is 14.4 Å². The van der Waals surface area contributed by atoms with Crippen LogP contribution in [0.3, 0.4) is 0 Å². The van der Waals surface area contributed by atoms with Crippen molar-refractivity contribution in [2.24, 2.45) is 0 Å². The second-order valence-electron chi connectivity index (χ2n) is 11.5. The highest BCUT2D eigenvalue weighted by molar-refractivity contribution is 5.94. The first-order valence-electron chi connectivity index (χ1n) is 12.3. The topological polar surface area (TPSA) is 121 Å². The van der Waals surface area contributed by atoms with Crippen molar-refractivity contribution in [3.63, 3.8) is 0 Å². The van der Waals surface area contributed by atoms with E-state index in [0.717, 1.165) is 5.57 Å². The number of amides is 2. The molecule has 2 unspecified atom stereocenters. The Bertz CT molecular complexity index is 765. The van der Waals surface area contributed by atoms with Gasteiger partial charge in [-0.1, -0.05) is 18.2 Å². The van der Waals surface area contributed by atoms with Crippen LogP contribution in [-0.4, -0.2) is 83.0 Å². The monoisotopic (exact) mass is 529 g/mol. The predicted molar refractivity (Wildman–Crippen MR) is 140 cm³/mol. The van der Waals surface area contributed by atoms with E-state index in [2.05, 4.69) is 13.2 Å². The van der Waals surface area contributed by atoms with E-state index in [0.29, 0.717) is 11.3 Å². The van der Waals surface area contributed by atoms with E-state index < -0.39 is 47.1 Å². The Kier molecular flexibility index (Phi) is 13.5. The van der Waals surface area contributed by atoms with E-state index in [1.54, 1.807) is 61.5 Å². The van der Waals surface area contributed by atoms with Crippen molar-refractivity contribution in [3.05, 3.63) is 24.8 Å². The van der Waals surface area contributed by atoms with E-state index >= 15 is 0 Å². The summed E-state index contributed by atoms with van der Waals surface area (Å²) in [6.07, 6.45) is -0.937. The smallest absolute Gasteiger partial charge is 0.420 e. The number of aliphatic hydroxyl groups excluding tert-OH is 1. The van der Waals surface area contributed by atoms with Gasteiger partial charge < -0.3 is 28.8 Å². The average molecular weight is 530 g/mol. The lowest BCUT2D eigenvalue weighted by Gasteiger charge is -2.32. The van der Waals surface area contributed by atoms with Gasteiger partial charge in [-0.15, -0.1) is 6.58 Å². The van der Waals surface area contributed by atoms with Crippen molar-refractivity contribution in [2.45, 2.75) is 111 Å². The molecule has 0 aromatic carbocycles. The van der Waals surface area contributed by atoms with Crippen LogP contribution in [0.1, 0.15) is 75.7 Å². The van der Waals surface area contributed by atoms with Gasteiger partial charge in [0, 0.05) is 6.42 Å². The minimum absolute atomic E-state index is 0.111. The summed E-state index contributed by atoms with van der Waals surface area (Å²) < 4.78 is 28.0. The third-order valence-electron chi connectivity index (χ3n) is 4.49. The summed E-state index contributed by atoms with van der Waals surface area (Å²) >= 11 is 0. The zero-order valence-electron chi connectivity index (χ0n) is 24.2. The van der Waals surface area contributed by atoms with Gasteiger partial charge in [0.25, 0.3) is 0 Å². The highest BCUT2D eigenvalue weighted by Gasteiger charge is 2.42. The Morgan fingerprint density at radius 3 is 1.89 bits per heavy atom. The Hall–Kier alpha value is -2.43. The zero-order valence-corrected chi connectivity index (χ0v) is 24.2. The molecule has 0 aliphatic carbocycles. The fourth-order valence-corrected chi connectivity index (χ4v) is 2.83. The van der Waals surface area contributed by atoms with Crippen LogP contribution < -0.4 is 0 Å². The fourth-order valence-electron chi connectivity index (χ4n) is 2.83. The van der Waals surface area contributed by atoms with Crippen LogP contribution in [0.25, 0.3) is 0 Å². The van der Waals surface area contributed by atoms with Gasteiger partial charge in [0.1, 0.15) is 17.3 Å². The molecule has 10 heteroatoms. The fraction of sp³-hybridized carbons (Fsp3) is 0.741. The molecule has 1 rings (SSSR count). The quantitative estimate of drug-likeness (QED) is 0.304. The van der Waals surface area contributed by atoms with Gasteiger partial charge in [0.2, 0.25) is 0 Å². The molecule has 0 radical (unpaired) electrons. The van der Waals surface area contributed by atoms with Crippen molar-refractivity contribution in [2.75, 3.05) is 19.8 Å². The maximum absolute atomic E-state index is 12.9. The molecule has 0 aromatic heterocycles. The van der Waals surface area contributed by atoms with Crippen LogP contribution in [0.4, 0.5) is 9.59 Å². The summed E-state index contributed by atoms with van der Waals surface area (Å²) in [5.74, 6) is -0.794. The molecule has 1 fully saturated rings. The number of hydrogen-bond acceptors (Lipinski definition) is 9. The Morgan fingerprint density at radius 1 is 1.05 bits per heavy atom. The maximum Gasteiger partial charge on any atom is 0.420 e. The number of nitrogens with zero attached hydrogens (tertiary/aromatic N) is 1. The first kappa shape index (κ1) is 34.6. The van der Waals surface area contributed by atoms with Gasteiger partial charge in [-0.2, -0.15) is 4.90 Å². The molecule has 10 nitrogen and oxygen atoms in total. The van der Waals surface area contributed by atoms with Crippen LogP contribution in [0, 0.1) is 0 Å². The Balaban J connectivity index is 0.00000235. The molecule has 1 aliphatic heterocycles. The molecular weight excluding hydrogens is 482 g/mol. The number of imide groups is 1. The molecule has 37 heavy (non-hydrogen) atoms. The lowest BCUT2D eigenvalue weighted by Crippen LogP contribution is -2.54. The molecule has 0 aromatic rings. The first-order valence-corrected chi connectivity index (χ1v) is 12.3. The summed E-state index contributed by atoms with van der Waals surface area (Å²) in [6.45, 7) is 24.3. The summed E-state index contributed by atoms with van der Waals surface area (Å²) in [7, 11) is 0. The maximum atomic E-state index is 12.9. The number of carbonyl (C=O) groups excluding carboxylic acids is 3. The number of esters is 1. The Labute approximate surface area is 221 Å². The number of cyclic esters (lactones) is 1. The van der Waals surface area contributed by atoms with Crippen LogP contribution in [-0.2, 0) is 28.5 Å². The molecule has 1 heterocycles. The first-order chi connectivity index (χ1) is 16.7. The van der Waals surface area contributed by atoms with Gasteiger partial charge >= 0.3 is 18.2 Å². The molecule has 0 saturated carbocycles.